The van der Waals surface area contributed by atoms with Gasteiger partial charge in [-0.1, -0.05) is 11.6 Å². The minimum Gasteiger partial charge on any atom is -0.481 e. The summed E-state index contributed by atoms with van der Waals surface area (Å²) in [5, 5.41) is 9.08. The van der Waals surface area contributed by atoms with Crippen LogP contribution in [0.5, 0.6) is 0 Å². The molecule has 0 aliphatic carbocycles. The van der Waals surface area contributed by atoms with Gasteiger partial charge in [0.1, 0.15) is 0 Å². The minimum atomic E-state index is -0.730. The third-order valence-corrected chi connectivity index (χ3v) is 4.28. The van der Waals surface area contributed by atoms with E-state index in [1.165, 1.54) is 0 Å². The number of piperidine rings is 1. The van der Waals surface area contributed by atoms with Gasteiger partial charge in [0.05, 0.1) is 10.6 Å². The van der Waals surface area contributed by atoms with Crippen molar-refractivity contribution in [2.24, 2.45) is 11.7 Å². The third kappa shape index (κ3) is 4.11. The minimum absolute atomic E-state index is 0.240. The van der Waals surface area contributed by atoms with Gasteiger partial charge >= 0.3 is 5.97 Å². The summed E-state index contributed by atoms with van der Waals surface area (Å²) < 4.78 is 0. The summed E-state index contributed by atoms with van der Waals surface area (Å²) in [5.41, 5.74) is 6.54. The number of carbonyl (C=O) groups is 2. The Hall–Kier alpha value is -1.75. The molecule has 0 bridgehead atoms. The van der Waals surface area contributed by atoms with Crippen LogP contribution in [0.4, 0.5) is 5.69 Å². The van der Waals surface area contributed by atoms with Gasteiger partial charge in [-0.15, -0.1) is 0 Å². The maximum atomic E-state index is 11.2. The fraction of sp³-hybridized carbons (Fsp3) is 0.467. The topological polar surface area (TPSA) is 83.6 Å². The Morgan fingerprint density at radius 3 is 2.52 bits per heavy atom. The lowest BCUT2D eigenvalue weighted by molar-refractivity contribution is -0.137. The van der Waals surface area contributed by atoms with Crippen molar-refractivity contribution in [2.75, 3.05) is 18.0 Å². The number of nitrogens with zero attached hydrogens (tertiary/aromatic N) is 1. The molecule has 1 saturated heterocycles. The number of aliphatic carboxylic acids is 1. The molecule has 3 N–H and O–H groups in total. The van der Waals surface area contributed by atoms with E-state index in [-0.39, 0.29) is 6.42 Å². The largest absolute Gasteiger partial charge is 0.481 e. The number of amides is 1. The van der Waals surface area contributed by atoms with Crippen molar-refractivity contribution in [3.8, 4) is 0 Å². The van der Waals surface area contributed by atoms with E-state index in [4.69, 9.17) is 22.4 Å². The number of carbonyl (C=O) groups excluding carboxylic acids is 1. The molecule has 1 aliphatic rings. The molecule has 0 atom stereocenters. The molecule has 114 valence electrons. The van der Waals surface area contributed by atoms with E-state index in [2.05, 4.69) is 4.90 Å². The van der Waals surface area contributed by atoms with Crippen LogP contribution >= 0.6 is 11.6 Å². The standard InChI is InChI=1S/C15H19ClN2O3/c16-13-9-11(2-3-12(13)15(17)21)18-7-5-10(6-8-18)1-4-14(19)20/h2-3,9-10H,1,4-8H2,(H2,17,21)(H,19,20). The molecular formula is C15H19ClN2O3. The second-order valence-electron chi connectivity index (χ2n) is 5.39. The average Bonchev–Trinajstić information content (AvgIpc) is 2.45. The Bertz CT molecular complexity index is 540. The van der Waals surface area contributed by atoms with Crippen molar-refractivity contribution in [3.63, 3.8) is 0 Å². The molecule has 0 radical (unpaired) electrons. The van der Waals surface area contributed by atoms with E-state index < -0.39 is 11.9 Å². The third-order valence-electron chi connectivity index (χ3n) is 3.96. The molecule has 1 amide bonds. The molecule has 0 aromatic heterocycles. The van der Waals surface area contributed by atoms with E-state index in [0.717, 1.165) is 38.0 Å². The van der Waals surface area contributed by atoms with Gasteiger partial charge in [-0.2, -0.15) is 0 Å². The summed E-state index contributed by atoms with van der Waals surface area (Å²) in [5.74, 6) is -0.789. The number of hydrogen-bond acceptors (Lipinski definition) is 3. The first-order chi connectivity index (χ1) is 9.97. The predicted octanol–water partition coefficient (Wildman–Crippen LogP) is 2.52. The summed E-state index contributed by atoms with van der Waals surface area (Å²) in [4.78, 5) is 23.9. The van der Waals surface area contributed by atoms with Gasteiger partial charge in [-0.05, 0) is 43.4 Å². The predicted molar refractivity (Wildman–Crippen MR) is 81.8 cm³/mol. The molecular weight excluding hydrogens is 292 g/mol. The first kappa shape index (κ1) is 15.6. The van der Waals surface area contributed by atoms with Crippen LogP contribution in [-0.4, -0.2) is 30.1 Å². The van der Waals surface area contributed by atoms with Gasteiger partial charge < -0.3 is 15.7 Å². The molecule has 1 aromatic carbocycles. The molecule has 0 unspecified atom stereocenters. The number of nitrogens with two attached hydrogens (primary N) is 1. The molecule has 2 rings (SSSR count). The second-order valence-corrected chi connectivity index (χ2v) is 5.80. The second kappa shape index (κ2) is 6.80. The van der Waals surface area contributed by atoms with E-state index >= 15 is 0 Å². The summed E-state index contributed by atoms with van der Waals surface area (Å²) in [6.07, 6.45) is 2.93. The molecule has 1 heterocycles. The molecule has 21 heavy (non-hydrogen) atoms. The first-order valence-electron chi connectivity index (χ1n) is 7.03. The number of rotatable bonds is 5. The maximum Gasteiger partial charge on any atom is 0.303 e. The Morgan fingerprint density at radius 1 is 1.33 bits per heavy atom. The lowest BCUT2D eigenvalue weighted by atomic mass is 9.92. The molecule has 0 spiro atoms. The molecule has 1 aliphatic heterocycles. The summed E-state index contributed by atoms with van der Waals surface area (Å²) in [7, 11) is 0. The summed E-state index contributed by atoms with van der Waals surface area (Å²) in [6, 6.07) is 5.26. The molecule has 0 saturated carbocycles. The highest BCUT2D eigenvalue weighted by atomic mass is 35.5. The van der Waals surface area contributed by atoms with Crippen LogP contribution < -0.4 is 10.6 Å². The normalized spacial score (nSPS) is 16.0. The fourth-order valence-corrected chi connectivity index (χ4v) is 2.98. The van der Waals surface area contributed by atoms with Crippen molar-refractivity contribution >= 4 is 29.2 Å². The number of anilines is 1. The van der Waals surface area contributed by atoms with Crippen LogP contribution in [0.15, 0.2) is 18.2 Å². The number of carboxylic acid groups (broad SMARTS) is 1. The maximum absolute atomic E-state index is 11.2. The number of primary amides is 1. The van der Waals surface area contributed by atoms with Crippen LogP contribution in [0.3, 0.4) is 0 Å². The van der Waals surface area contributed by atoms with E-state index in [1.54, 1.807) is 12.1 Å². The highest BCUT2D eigenvalue weighted by Crippen LogP contribution is 2.29. The zero-order chi connectivity index (χ0) is 15.4. The van der Waals surface area contributed by atoms with Gasteiger partial charge in [0.15, 0.2) is 0 Å². The van der Waals surface area contributed by atoms with Gasteiger partial charge in [0, 0.05) is 25.2 Å². The number of halogens is 1. The monoisotopic (exact) mass is 310 g/mol. The van der Waals surface area contributed by atoms with E-state index in [9.17, 15) is 9.59 Å². The zero-order valence-corrected chi connectivity index (χ0v) is 12.5. The Balaban J connectivity index is 1.94. The van der Waals surface area contributed by atoms with Crippen molar-refractivity contribution in [3.05, 3.63) is 28.8 Å². The first-order valence-corrected chi connectivity index (χ1v) is 7.41. The van der Waals surface area contributed by atoms with Gasteiger partial charge in [0.25, 0.3) is 0 Å². The highest BCUT2D eigenvalue weighted by Gasteiger charge is 2.20. The van der Waals surface area contributed by atoms with Gasteiger partial charge in [0.2, 0.25) is 5.91 Å². The average molecular weight is 311 g/mol. The van der Waals surface area contributed by atoms with Gasteiger partial charge in [-0.25, -0.2) is 0 Å². The van der Waals surface area contributed by atoms with Crippen molar-refractivity contribution in [1.29, 1.82) is 0 Å². The number of benzene rings is 1. The summed E-state index contributed by atoms with van der Waals surface area (Å²) in [6.45, 7) is 1.74. The van der Waals surface area contributed by atoms with Crippen LogP contribution in [0.2, 0.25) is 5.02 Å². The SMILES string of the molecule is NC(=O)c1ccc(N2CCC(CCC(=O)O)CC2)cc1Cl. The van der Waals surface area contributed by atoms with E-state index in [0.29, 0.717) is 16.5 Å². The number of carboxylic acids is 1. The van der Waals surface area contributed by atoms with E-state index in [1.807, 2.05) is 6.07 Å². The van der Waals surface area contributed by atoms with Crippen LogP contribution in [0, 0.1) is 5.92 Å². The highest BCUT2D eigenvalue weighted by molar-refractivity contribution is 6.34. The molecule has 1 fully saturated rings. The van der Waals surface area contributed by atoms with Crippen LogP contribution in [-0.2, 0) is 4.79 Å². The molecule has 1 aromatic rings. The lowest BCUT2D eigenvalue weighted by Gasteiger charge is -2.33. The Labute approximate surface area is 128 Å². The summed E-state index contributed by atoms with van der Waals surface area (Å²) >= 11 is 6.06. The fourth-order valence-electron chi connectivity index (χ4n) is 2.71. The van der Waals surface area contributed by atoms with Crippen molar-refractivity contribution in [1.82, 2.24) is 0 Å². The molecule has 5 nitrogen and oxygen atoms in total. The molecule has 6 heteroatoms. The Kier molecular flexibility index (Phi) is 5.07. The smallest absolute Gasteiger partial charge is 0.303 e. The van der Waals surface area contributed by atoms with Crippen molar-refractivity contribution < 1.29 is 14.7 Å². The number of hydrogen-bond donors (Lipinski definition) is 2. The quantitative estimate of drug-likeness (QED) is 0.875. The van der Waals surface area contributed by atoms with Crippen LogP contribution in [0.1, 0.15) is 36.0 Å². The lowest BCUT2D eigenvalue weighted by Crippen LogP contribution is -2.33. The van der Waals surface area contributed by atoms with Gasteiger partial charge in [-0.3, -0.25) is 9.59 Å². The zero-order valence-electron chi connectivity index (χ0n) is 11.7. The van der Waals surface area contributed by atoms with Crippen molar-refractivity contribution in [2.45, 2.75) is 25.7 Å². The Morgan fingerprint density at radius 2 is 2.00 bits per heavy atom. The van der Waals surface area contributed by atoms with Crippen LogP contribution in [0.25, 0.3) is 0 Å².